The van der Waals surface area contributed by atoms with E-state index in [1.165, 1.54) is 0 Å². The molecule has 0 saturated heterocycles. The number of aromatic nitrogens is 4. The van der Waals surface area contributed by atoms with E-state index in [4.69, 9.17) is 4.42 Å². The summed E-state index contributed by atoms with van der Waals surface area (Å²) in [4.78, 5) is 13.0. The van der Waals surface area contributed by atoms with Gasteiger partial charge in [-0.25, -0.2) is 9.97 Å². The fourth-order valence-electron chi connectivity index (χ4n) is 2.35. The van der Waals surface area contributed by atoms with Crippen LogP contribution in [0, 0.1) is 6.92 Å². The van der Waals surface area contributed by atoms with Gasteiger partial charge >= 0.3 is 0 Å². The number of anilines is 1. The molecular formula is C15H13N5O. The molecule has 0 fully saturated rings. The zero-order chi connectivity index (χ0) is 14.4. The molecule has 0 bridgehead atoms. The molecular weight excluding hydrogens is 266 g/mol. The maximum absolute atomic E-state index is 5.53. The molecule has 0 aliphatic heterocycles. The van der Waals surface area contributed by atoms with E-state index in [0.717, 1.165) is 27.9 Å². The Morgan fingerprint density at radius 3 is 2.86 bits per heavy atom. The highest BCUT2D eigenvalue weighted by atomic mass is 16.4. The highest BCUT2D eigenvalue weighted by Gasteiger charge is 2.08. The van der Waals surface area contributed by atoms with Crippen molar-refractivity contribution in [2.24, 2.45) is 0 Å². The second-order valence-electron chi connectivity index (χ2n) is 4.86. The molecule has 0 spiro atoms. The first-order chi connectivity index (χ1) is 10.2. The topological polar surface area (TPSA) is 68.2 Å². The number of nitrogens with one attached hydrogen (secondary N) is 1. The van der Waals surface area contributed by atoms with Gasteiger partial charge in [-0.2, -0.15) is 4.98 Å². The Bertz CT molecular complexity index is 953. The van der Waals surface area contributed by atoms with Crippen LogP contribution in [0.2, 0.25) is 0 Å². The summed E-state index contributed by atoms with van der Waals surface area (Å²) in [7, 11) is 1.78. The van der Waals surface area contributed by atoms with Crippen molar-refractivity contribution in [1.29, 1.82) is 0 Å². The monoisotopic (exact) mass is 279 g/mol. The Kier molecular flexibility index (Phi) is 2.44. The molecule has 0 radical (unpaired) electrons. The Labute approximate surface area is 120 Å². The largest absolute Gasteiger partial charge is 0.424 e. The van der Waals surface area contributed by atoms with E-state index in [2.05, 4.69) is 20.3 Å². The molecule has 4 rings (SSSR count). The van der Waals surface area contributed by atoms with Crippen LogP contribution < -0.4 is 5.32 Å². The molecule has 0 saturated carbocycles. The van der Waals surface area contributed by atoms with E-state index in [1.807, 2.05) is 48.1 Å². The minimum Gasteiger partial charge on any atom is -0.424 e. The number of fused-ring (bicyclic) bond motifs is 2. The molecule has 0 aliphatic carbocycles. The van der Waals surface area contributed by atoms with Gasteiger partial charge in [-0.15, -0.1) is 0 Å². The molecule has 3 heterocycles. The third kappa shape index (κ3) is 1.84. The number of imidazole rings is 1. The first-order valence-corrected chi connectivity index (χ1v) is 6.63. The molecule has 6 heteroatoms. The van der Waals surface area contributed by atoms with Crippen LogP contribution in [0.4, 0.5) is 6.01 Å². The van der Waals surface area contributed by atoms with E-state index in [1.54, 1.807) is 7.05 Å². The van der Waals surface area contributed by atoms with Crippen molar-refractivity contribution in [1.82, 2.24) is 19.4 Å². The molecule has 0 aliphatic rings. The summed E-state index contributed by atoms with van der Waals surface area (Å²) in [5.41, 5.74) is 4.69. The predicted molar refractivity (Wildman–Crippen MR) is 80.3 cm³/mol. The smallest absolute Gasteiger partial charge is 0.295 e. The Balaban J connectivity index is 1.88. The van der Waals surface area contributed by atoms with Crippen LogP contribution in [0.5, 0.6) is 0 Å². The van der Waals surface area contributed by atoms with Gasteiger partial charge in [0.1, 0.15) is 5.52 Å². The van der Waals surface area contributed by atoms with Gasteiger partial charge in [0.05, 0.1) is 6.20 Å². The lowest BCUT2D eigenvalue weighted by molar-refractivity contribution is 0.620. The van der Waals surface area contributed by atoms with Crippen LogP contribution in [-0.2, 0) is 0 Å². The summed E-state index contributed by atoms with van der Waals surface area (Å²) < 4.78 is 7.51. The SMILES string of the molecule is CNc1nc2cc(-c3cnc4ncc(C)n4c3)ccc2o1. The van der Waals surface area contributed by atoms with Gasteiger partial charge in [-0.1, -0.05) is 6.07 Å². The van der Waals surface area contributed by atoms with Crippen LogP contribution in [0.3, 0.4) is 0 Å². The van der Waals surface area contributed by atoms with Gasteiger partial charge in [0, 0.05) is 30.7 Å². The van der Waals surface area contributed by atoms with Gasteiger partial charge in [0.25, 0.3) is 6.01 Å². The molecule has 104 valence electrons. The van der Waals surface area contributed by atoms with Gasteiger partial charge in [-0.05, 0) is 24.6 Å². The number of aryl methyl sites for hydroxylation is 1. The van der Waals surface area contributed by atoms with Crippen LogP contribution in [0.25, 0.3) is 28.0 Å². The summed E-state index contributed by atoms with van der Waals surface area (Å²) >= 11 is 0. The van der Waals surface area contributed by atoms with Gasteiger partial charge in [0.2, 0.25) is 5.78 Å². The van der Waals surface area contributed by atoms with E-state index < -0.39 is 0 Å². The van der Waals surface area contributed by atoms with Crippen molar-refractivity contribution in [2.45, 2.75) is 6.92 Å². The first kappa shape index (κ1) is 11.9. The molecule has 0 unspecified atom stereocenters. The third-order valence-electron chi connectivity index (χ3n) is 3.48. The maximum atomic E-state index is 5.53. The highest BCUT2D eigenvalue weighted by molar-refractivity contribution is 5.81. The average molecular weight is 279 g/mol. The molecule has 3 aromatic heterocycles. The normalized spacial score (nSPS) is 11.3. The van der Waals surface area contributed by atoms with Crippen molar-refractivity contribution in [3.8, 4) is 11.1 Å². The van der Waals surface area contributed by atoms with Crippen molar-refractivity contribution >= 4 is 22.9 Å². The highest BCUT2D eigenvalue weighted by Crippen LogP contribution is 2.26. The van der Waals surface area contributed by atoms with Crippen molar-refractivity contribution in [2.75, 3.05) is 12.4 Å². The number of benzene rings is 1. The van der Waals surface area contributed by atoms with Crippen molar-refractivity contribution < 1.29 is 4.42 Å². The Morgan fingerprint density at radius 2 is 2.00 bits per heavy atom. The molecule has 1 aromatic carbocycles. The third-order valence-corrected chi connectivity index (χ3v) is 3.48. The lowest BCUT2D eigenvalue weighted by Crippen LogP contribution is -1.92. The molecule has 21 heavy (non-hydrogen) atoms. The standard InChI is InChI=1S/C15H13N5O/c1-9-6-17-14-18-7-11(8-20(9)14)10-3-4-13-12(5-10)19-15(16-2)21-13/h3-8H,1-2H3,(H,16,19). The minimum atomic E-state index is 0.515. The Hall–Kier alpha value is -2.89. The van der Waals surface area contributed by atoms with Gasteiger partial charge in [0.15, 0.2) is 5.58 Å². The number of oxazole rings is 1. The van der Waals surface area contributed by atoms with Crippen LogP contribution in [-0.4, -0.2) is 26.4 Å². The van der Waals surface area contributed by atoms with Crippen LogP contribution in [0.15, 0.2) is 41.2 Å². The van der Waals surface area contributed by atoms with E-state index in [0.29, 0.717) is 11.8 Å². The fourth-order valence-corrected chi connectivity index (χ4v) is 2.35. The predicted octanol–water partition coefficient (Wildman–Crippen LogP) is 2.89. The summed E-state index contributed by atoms with van der Waals surface area (Å²) in [5, 5.41) is 2.90. The molecule has 6 nitrogen and oxygen atoms in total. The number of hydrogen-bond donors (Lipinski definition) is 1. The zero-order valence-electron chi connectivity index (χ0n) is 11.7. The summed E-state index contributed by atoms with van der Waals surface area (Å²) in [6.45, 7) is 2.01. The lowest BCUT2D eigenvalue weighted by atomic mass is 10.1. The lowest BCUT2D eigenvalue weighted by Gasteiger charge is -2.03. The summed E-state index contributed by atoms with van der Waals surface area (Å²) in [6, 6.07) is 6.43. The minimum absolute atomic E-state index is 0.515. The van der Waals surface area contributed by atoms with Crippen LogP contribution >= 0.6 is 0 Å². The van der Waals surface area contributed by atoms with E-state index in [-0.39, 0.29) is 0 Å². The van der Waals surface area contributed by atoms with Gasteiger partial charge < -0.3 is 9.73 Å². The molecule has 1 N–H and O–H groups in total. The van der Waals surface area contributed by atoms with Crippen molar-refractivity contribution in [3.05, 3.63) is 42.5 Å². The zero-order valence-corrected chi connectivity index (χ0v) is 11.7. The summed E-state index contributed by atoms with van der Waals surface area (Å²) in [6.07, 6.45) is 5.67. The fraction of sp³-hybridized carbons (Fsp3) is 0.133. The first-order valence-electron chi connectivity index (χ1n) is 6.63. The summed E-state index contributed by atoms with van der Waals surface area (Å²) in [5.74, 6) is 0.705. The van der Waals surface area contributed by atoms with Crippen LogP contribution in [0.1, 0.15) is 5.69 Å². The average Bonchev–Trinajstić information content (AvgIpc) is 3.09. The van der Waals surface area contributed by atoms with Gasteiger partial charge in [-0.3, -0.25) is 4.40 Å². The number of hydrogen-bond acceptors (Lipinski definition) is 5. The second kappa shape index (κ2) is 4.31. The van der Waals surface area contributed by atoms with E-state index in [9.17, 15) is 0 Å². The molecule has 4 aromatic rings. The number of rotatable bonds is 2. The number of nitrogens with zero attached hydrogens (tertiary/aromatic N) is 4. The molecule has 0 atom stereocenters. The quantitative estimate of drug-likeness (QED) is 0.611. The van der Waals surface area contributed by atoms with E-state index >= 15 is 0 Å². The molecule has 0 amide bonds. The second-order valence-corrected chi connectivity index (χ2v) is 4.86. The Morgan fingerprint density at radius 1 is 1.14 bits per heavy atom. The van der Waals surface area contributed by atoms with Crippen molar-refractivity contribution in [3.63, 3.8) is 0 Å². The maximum Gasteiger partial charge on any atom is 0.295 e.